The first-order chi connectivity index (χ1) is 12.3. The molecular formula is C20H15N3O2. The van der Waals surface area contributed by atoms with Crippen molar-refractivity contribution in [3.8, 4) is 28.9 Å². The van der Waals surface area contributed by atoms with E-state index in [-0.39, 0.29) is 0 Å². The highest BCUT2D eigenvalue weighted by atomic mass is 16.5. The van der Waals surface area contributed by atoms with Crippen LogP contribution in [0.3, 0.4) is 0 Å². The zero-order valence-corrected chi connectivity index (χ0v) is 13.6. The van der Waals surface area contributed by atoms with Crippen LogP contribution >= 0.6 is 0 Å². The molecule has 25 heavy (non-hydrogen) atoms. The van der Waals surface area contributed by atoms with Crippen LogP contribution in [0, 0.1) is 0 Å². The molecule has 0 unspecified atom stereocenters. The van der Waals surface area contributed by atoms with Crippen LogP contribution in [0.25, 0.3) is 22.4 Å². The van der Waals surface area contributed by atoms with Gasteiger partial charge in [-0.3, -0.25) is 0 Å². The van der Waals surface area contributed by atoms with E-state index in [0.717, 1.165) is 10.9 Å². The number of rotatable bonds is 4. The molecule has 0 aliphatic rings. The number of aromatic nitrogens is 3. The number of fused-ring (bicyclic) bond motifs is 1. The molecule has 4 aromatic rings. The van der Waals surface area contributed by atoms with Gasteiger partial charge in [0.1, 0.15) is 5.69 Å². The van der Waals surface area contributed by atoms with Gasteiger partial charge in [0.15, 0.2) is 17.3 Å². The maximum atomic E-state index is 5.86. The third-order valence-corrected chi connectivity index (χ3v) is 3.73. The zero-order valence-electron chi connectivity index (χ0n) is 13.6. The van der Waals surface area contributed by atoms with Gasteiger partial charge in [0.25, 0.3) is 0 Å². The Labute approximate surface area is 144 Å². The Kier molecular flexibility index (Phi) is 3.96. The molecule has 0 atom stereocenters. The van der Waals surface area contributed by atoms with Crippen LogP contribution in [0.2, 0.25) is 0 Å². The van der Waals surface area contributed by atoms with E-state index in [0.29, 0.717) is 28.9 Å². The molecule has 0 amide bonds. The van der Waals surface area contributed by atoms with Gasteiger partial charge in [-0.1, -0.05) is 36.4 Å². The van der Waals surface area contributed by atoms with Crippen LogP contribution in [-0.4, -0.2) is 22.1 Å². The first-order valence-corrected chi connectivity index (χ1v) is 7.83. The molecule has 0 spiro atoms. The number of benzene rings is 2. The molecule has 0 radical (unpaired) electrons. The molecule has 122 valence electrons. The van der Waals surface area contributed by atoms with Gasteiger partial charge in [0.2, 0.25) is 5.88 Å². The third-order valence-electron chi connectivity index (χ3n) is 3.73. The van der Waals surface area contributed by atoms with Gasteiger partial charge in [-0.2, -0.15) is 0 Å². The van der Waals surface area contributed by atoms with Crippen molar-refractivity contribution < 1.29 is 9.47 Å². The zero-order chi connectivity index (χ0) is 17.1. The van der Waals surface area contributed by atoms with E-state index >= 15 is 0 Å². The summed E-state index contributed by atoms with van der Waals surface area (Å²) in [5, 5.41) is 0.993. The molecule has 0 aliphatic carbocycles. The maximum Gasteiger partial charge on any atom is 0.220 e. The van der Waals surface area contributed by atoms with Crippen LogP contribution in [0.1, 0.15) is 0 Å². The normalized spacial score (nSPS) is 10.6. The average molecular weight is 329 g/mol. The van der Waals surface area contributed by atoms with Gasteiger partial charge in [0, 0.05) is 17.6 Å². The molecule has 0 saturated carbocycles. The minimum absolute atomic E-state index is 0.457. The number of hydrogen-bond donors (Lipinski definition) is 0. The fraction of sp³-hybridized carbons (Fsp3) is 0.0500. The van der Waals surface area contributed by atoms with E-state index in [9.17, 15) is 0 Å². The fourth-order valence-electron chi connectivity index (χ4n) is 2.51. The van der Waals surface area contributed by atoms with Crippen molar-refractivity contribution in [3.63, 3.8) is 0 Å². The van der Waals surface area contributed by atoms with Gasteiger partial charge in [0.05, 0.1) is 12.6 Å². The van der Waals surface area contributed by atoms with Crippen molar-refractivity contribution in [2.24, 2.45) is 0 Å². The molecule has 0 saturated heterocycles. The molecule has 4 rings (SSSR count). The second-order valence-corrected chi connectivity index (χ2v) is 5.37. The topological polar surface area (TPSA) is 57.1 Å². The Hall–Kier alpha value is -3.47. The molecular weight excluding hydrogens is 314 g/mol. The summed E-state index contributed by atoms with van der Waals surface area (Å²) in [5.41, 5.74) is 1.53. The Bertz CT molecular complexity index is 1030. The second kappa shape index (κ2) is 6.57. The van der Waals surface area contributed by atoms with Gasteiger partial charge in [-0.25, -0.2) is 15.0 Å². The Morgan fingerprint density at radius 1 is 0.760 bits per heavy atom. The molecule has 5 heteroatoms. The number of ether oxygens (including phenoxy) is 2. The number of pyridine rings is 1. The lowest BCUT2D eigenvalue weighted by Crippen LogP contribution is -1.95. The summed E-state index contributed by atoms with van der Waals surface area (Å²) >= 11 is 0. The SMILES string of the molecule is COc1ccccc1Oc1cccc(-c2ncc3ccccc3n2)n1. The average Bonchev–Trinajstić information content (AvgIpc) is 2.68. The summed E-state index contributed by atoms with van der Waals surface area (Å²) in [4.78, 5) is 13.5. The van der Waals surface area contributed by atoms with Crippen LogP contribution in [-0.2, 0) is 0 Å². The van der Waals surface area contributed by atoms with Gasteiger partial charge in [-0.15, -0.1) is 0 Å². The van der Waals surface area contributed by atoms with Crippen molar-refractivity contribution >= 4 is 10.9 Å². The predicted molar refractivity (Wildman–Crippen MR) is 95.8 cm³/mol. The lowest BCUT2D eigenvalue weighted by Gasteiger charge is -2.10. The number of para-hydroxylation sites is 3. The van der Waals surface area contributed by atoms with Crippen LogP contribution in [0.15, 0.2) is 72.9 Å². The van der Waals surface area contributed by atoms with Crippen molar-refractivity contribution in [2.45, 2.75) is 0 Å². The molecule has 0 aliphatic heterocycles. The molecule has 2 aromatic heterocycles. The summed E-state index contributed by atoms with van der Waals surface area (Å²) in [6.07, 6.45) is 1.80. The highest BCUT2D eigenvalue weighted by Gasteiger charge is 2.09. The van der Waals surface area contributed by atoms with Crippen LogP contribution in [0.5, 0.6) is 17.4 Å². The number of hydrogen-bond acceptors (Lipinski definition) is 5. The highest BCUT2D eigenvalue weighted by molar-refractivity contribution is 5.79. The quantitative estimate of drug-likeness (QED) is 0.552. The predicted octanol–water partition coefficient (Wildman–Crippen LogP) is 4.49. The minimum Gasteiger partial charge on any atom is -0.493 e. The van der Waals surface area contributed by atoms with Crippen molar-refractivity contribution in [1.29, 1.82) is 0 Å². The van der Waals surface area contributed by atoms with E-state index in [1.54, 1.807) is 19.4 Å². The molecule has 2 aromatic carbocycles. The molecule has 0 bridgehead atoms. The van der Waals surface area contributed by atoms with E-state index in [2.05, 4.69) is 15.0 Å². The Morgan fingerprint density at radius 2 is 1.56 bits per heavy atom. The summed E-state index contributed by atoms with van der Waals surface area (Å²) in [7, 11) is 1.61. The summed E-state index contributed by atoms with van der Waals surface area (Å²) in [5.74, 6) is 2.27. The van der Waals surface area contributed by atoms with E-state index in [1.807, 2.05) is 60.7 Å². The Morgan fingerprint density at radius 3 is 2.44 bits per heavy atom. The minimum atomic E-state index is 0.457. The van der Waals surface area contributed by atoms with Crippen LogP contribution in [0.4, 0.5) is 0 Å². The van der Waals surface area contributed by atoms with Gasteiger partial charge in [-0.05, 0) is 24.3 Å². The summed E-state index contributed by atoms with van der Waals surface area (Å²) < 4.78 is 11.2. The fourth-order valence-corrected chi connectivity index (χ4v) is 2.51. The number of methoxy groups -OCH3 is 1. The first-order valence-electron chi connectivity index (χ1n) is 7.83. The smallest absolute Gasteiger partial charge is 0.220 e. The Balaban J connectivity index is 1.68. The largest absolute Gasteiger partial charge is 0.493 e. The molecule has 0 fully saturated rings. The standard InChI is InChI=1S/C20H15N3O2/c1-24-17-10-4-5-11-18(17)25-19-12-6-9-16(22-19)20-21-13-14-7-2-3-8-15(14)23-20/h2-13H,1H3. The molecule has 2 heterocycles. The lowest BCUT2D eigenvalue weighted by molar-refractivity contribution is 0.374. The first kappa shape index (κ1) is 15.1. The van der Waals surface area contributed by atoms with Crippen LogP contribution < -0.4 is 9.47 Å². The lowest BCUT2D eigenvalue weighted by atomic mass is 10.2. The highest BCUT2D eigenvalue weighted by Crippen LogP contribution is 2.30. The number of nitrogens with zero attached hydrogens (tertiary/aromatic N) is 3. The van der Waals surface area contributed by atoms with Crippen molar-refractivity contribution in [3.05, 3.63) is 72.9 Å². The van der Waals surface area contributed by atoms with E-state index in [4.69, 9.17) is 9.47 Å². The van der Waals surface area contributed by atoms with Crippen molar-refractivity contribution in [2.75, 3.05) is 7.11 Å². The second-order valence-electron chi connectivity index (χ2n) is 5.37. The summed E-state index contributed by atoms with van der Waals surface area (Å²) in [6.45, 7) is 0. The summed E-state index contributed by atoms with van der Waals surface area (Å²) in [6, 6.07) is 20.8. The van der Waals surface area contributed by atoms with Gasteiger partial charge >= 0.3 is 0 Å². The third kappa shape index (κ3) is 3.12. The maximum absolute atomic E-state index is 5.86. The van der Waals surface area contributed by atoms with Gasteiger partial charge < -0.3 is 9.47 Å². The van der Waals surface area contributed by atoms with E-state index < -0.39 is 0 Å². The molecule has 5 nitrogen and oxygen atoms in total. The monoisotopic (exact) mass is 329 g/mol. The van der Waals surface area contributed by atoms with Crippen molar-refractivity contribution in [1.82, 2.24) is 15.0 Å². The van der Waals surface area contributed by atoms with E-state index in [1.165, 1.54) is 0 Å². The molecule has 0 N–H and O–H groups in total.